The molecule has 0 spiro atoms. The highest BCUT2D eigenvalue weighted by atomic mass is 35.5. The SMILES string of the molecule is CNC(CSC1CCCCC1)c1ccc(Cl)cc1F. The molecule has 4 heteroatoms. The molecule has 0 radical (unpaired) electrons. The van der Waals surface area contributed by atoms with Crippen LogP contribution in [-0.4, -0.2) is 18.1 Å². The van der Waals surface area contributed by atoms with E-state index in [-0.39, 0.29) is 11.9 Å². The summed E-state index contributed by atoms with van der Waals surface area (Å²) < 4.78 is 13.9. The van der Waals surface area contributed by atoms with Crippen molar-refractivity contribution < 1.29 is 4.39 Å². The topological polar surface area (TPSA) is 12.0 Å². The summed E-state index contributed by atoms with van der Waals surface area (Å²) in [5, 5.41) is 4.42. The Hall–Kier alpha value is -0.250. The molecule has 1 atom stereocenters. The number of rotatable bonds is 5. The first kappa shape index (κ1) is 15.1. The van der Waals surface area contributed by atoms with Gasteiger partial charge in [0.1, 0.15) is 5.82 Å². The van der Waals surface area contributed by atoms with Crippen LogP contribution in [0.5, 0.6) is 0 Å². The molecule has 0 aliphatic heterocycles. The molecule has 0 amide bonds. The Labute approximate surface area is 124 Å². The standard InChI is InChI=1S/C15H21ClFNS/c1-18-15(10-19-12-5-3-2-4-6-12)13-8-7-11(16)9-14(13)17/h7-9,12,15,18H,2-6,10H2,1H3. The molecule has 1 aliphatic rings. The molecule has 1 aromatic carbocycles. The van der Waals surface area contributed by atoms with Gasteiger partial charge in [-0.25, -0.2) is 4.39 Å². The van der Waals surface area contributed by atoms with Crippen molar-refractivity contribution in [3.05, 3.63) is 34.6 Å². The molecule has 0 heterocycles. The zero-order valence-corrected chi connectivity index (χ0v) is 12.9. The van der Waals surface area contributed by atoms with Crippen LogP contribution in [0, 0.1) is 5.82 Å². The van der Waals surface area contributed by atoms with Crippen LogP contribution in [-0.2, 0) is 0 Å². The molecule has 1 N–H and O–H groups in total. The van der Waals surface area contributed by atoms with E-state index in [1.807, 2.05) is 18.8 Å². The molecular formula is C15H21ClFNS. The van der Waals surface area contributed by atoms with Crippen molar-refractivity contribution in [2.24, 2.45) is 0 Å². The van der Waals surface area contributed by atoms with Gasteiger partial charge >= 0.3 is 0 Å². The maximum atomic E-state index is 13.9. The highest BCUT2D eigenvalue weighted by molar-refractivity contribution is 7.99. The van der Waals surface area contributed by atoms with E-state index in [4.69, 9.17) is 11.6 Å². The minimum atomic E-state index is -0.212. The van der Waals surface area contributed by atoms with E-state index in [1.165, 1.54) is 38.2 Å². The Balaban J connectivity index is 1.95. The van der Waals surface area contributed by atoms with Crippen molar-refractivity contribution in [1.82, 2.24) is 5.32 Å². The molecule has 1 aliphatic carbocycles. The van der Waals surface area contributed by atoms with E-state index < -0.39 is 0 Å². The van der Waals surface area contributed by atoms with Gasteiger partial charge in [-0.1, -0.05) is 36.9 Å². The van der Waals surface area contributed by atoms with Gasteiger partial charge in [0.2, 0.25) is 0 Å². The van der Waals surface area contributed by atoms with Gasteiger partial charge in [0, 0.05) is 27.6 Å². The molecule has 1 nitrogen and oxygen atoms in total. The lowest BCUT2D eigenvalue weighted by Gasteiger charge is -2.24. The molecule has 106 valence electrons. The van der Waals surface area contributed by atoms with Gasteiger partial charge in [0.15, 0.2) is 0 Å². The highest BCUT2D eigenvalue weighted by Crippen LogP contribution is 2.31. The second kappa shape index (κ2) is 7.51. The molecule has 1 aromatic rings. The first-order valence-corrected chi connectivity index (χ1v) is 8.37. The predicted octanol–water partition coefficient (Wildman–Crippen LogP) is 4.81. The second-order valence-corrected chi connectivity index (χ2v) is 6.87. The fourth-order valence-corrected chi connectivity index (χ4v) is 4.21. The molecule has 0 bridgehead atoms. The van der Waals surface area contributed by atoms with Gasteiger partial charge in [-0.2, -0.15) is 11.8 Å². The maximum absolute atomic E-state index is 13.9. The van der Waals surface area contributed by atoms with Gasteiger partial charge in [-0.3, -0.25) is 0 Å². The van der Waals surface area contributed by atoms with Crippen molar-refractivity contribution in [3.63, 3.8) is 0 Å². The van der Waals surface area contributed by atoms with Gasteiger partial charge < -0.3 is 5.32 Å². The average Bonchev–Trinajstić information content (AvgIpc) is 2.42. The van der Waals surface area contributed by atoms with Crippen molar-refractivity contribution in [3.8, 4) is 0 Å². The first-order chi connectivity index (χ1) is 9.20. The second-order valence-electron chi connectivity index (χ2n) is 5.10. The quantitative estimate of drug-likeness (QED) is 0.838. The number of hydrogen-bond acceptors (Lipinski definition) is 2. The van der Waals surface area contributed by atoms with E-state index in [0.717, 1.165) is 16.6 Å². The Morgan fingerprint density at radius 3 is 2.74 bits per heavy atom. The summed E-state index contributed by atoms with van der Waals surface area (Å²) in [6.45, 7) is 0. The van der Waals surface area contributed by atoms with Crippen LogP contribution in [0.3, 0.4) is 0 Å². The lowest BCUT2D eigenvalue weighted by Crippen LogP contribution is -2.22. The van der Waals surface area contributed by atoms with Gasteiger partial charge in [-0.05, 0) is 32.0 Å². The van der Waals surface area contributed by atoms with E-state index in [1.54, 1.807) is 12.1 Å². The van der Waals surface area contributed by atoms with Crippen LogP contribution in [0.1, 0.15) is 43.7 Å². The number of benzene rings is 1. The minimum Gasteiger partial charge on any atom is -0.312 e. The Morgan fingerprint density at radius 1 is 1.37 bits per heavy atom. The van der Waals surface area contributed by atoms with Crippen LogP contribution in [0.4, 0.5) is 4.39 Å². The van der Waals surface area contributed by atoms with Crippen LogP contribution in [0.15, 0.2) is 18.2 Å². The molecule has 0 saturated heterocycles. The average molecular weight is 302 g/mol. The smallest absolute Gasteiger partial charge is 0.129 e. The fraction of sp³-hybridized carbons (Fsp3) is 0.600. The summed E-state index contributed by atoms with van der Waals surface area (Å²) in [5.74, 6) is 0.704. The highest BCUT2D eigenvalue weighted by Gasteiger charge is 2.19. The monoisotopic (exact) mass is 301 g/mol. The summed E-state index contributed by atoms with van der Waals surface area (Å²) in [6.07, 6.45) is 6.68. The molecule has 2 rings (SSSR count). The minimum absolute atomic E-state index is 0.0594. The number of halogens is 2. The van der Waals surface area contributed by atoms with Crippen molar-refractivity contribution in [1.29, 1.82) is 0 Å². The van der Waals surface area contributed by atoms with E-state index >= 15 is 0 Å². The third-order valence-electron chi connectivity index (χ3n) is 3.74. The summed E-state index contributed by atoms with van der Waals surface area (Å²) in [6, 6.07) is 5.01. The zero-order chi connectivity index (χ0) is 13.7. The van der Waals surface area contributed by atoms with E-state index in [2.05, 4.69) is 5.32 Å². The van der Waals surface area contributed by atoms with Gasteiger partial charge in [0.25, 0.3) is 0 Å². The normalized spacial score (nSPS) is 18.5. The number of nitrogens with one attached hydrogen (secondary N) is 1. The predicted molar refractivity (Wildman–Crippen MR) is 82.5 cm³/mol. The summed E-state index contributed by atoms with van der Waals surface area (Å²) in [4.78, 5) is 0. The van der Waals surface area contributed by atoms with Crippen molar-refractivity contribution >= 4 is 23.4 Å². The molecule has 19 heavy (non-hydrogen) atoms. The summed E-state index contributed by atoms with van der Waals surface area (Å²) >= 11 is 7.77. The van der Waals surface area contributed by atoms with E-state index in [0.29, 0.717) is 5.02 Å². The Morgan fingerprint density at radius 2 is 2.11 bits per heavy atom. The third kappa shape index (κ3) is 4.37. The van der Waals surface area contributed by atoms with Gasteiger partial charge in [0.05, 0.1) is 0 Å². The van der Waals surface area contributed by atoms with Crippen LogP contribution in [0.25, 0.3) is 0 Å². The zero-order valence-electron chi connectivity index (χ0n) is 11.3. The van der Waals surface area contributed by atoms with Crippen molar-refractivity contribution in [2.45, 2.75) is 43.4 Å². The molecule has 1 unspecified atom stereocenters. The summed E-state index contributed by atoms with van der Waals surface area (Å²) in [5.41, 5.74) is 0.718. The third-order valence-corrected chi connectivity index (χ3v) is 5.44. The van der Waals surface area contributed by atoms with Crippen LogP contribution < -0.4 is 5.32 Å². The molecule has 1 saturated carbocycles. The van der Waals surface area contributed by atoms with Crippen molar-refractivity contribution in [2.75, 3.05) is 12.8 Å². The van der Waals surface area contributed by atoms with Crippen LogP contribution in [0.2, 0.25) is 5.02 Å². The lowest BCUT2D eigenvalue weighted by atomic mass is 10.0. The van der Waals surface area contributed by atoms with E-state index in [9.17, 15) is 4.39 Å². The molecule has 0 aromatic heterocycles. The summed E-state index contributed by atoms with van der Waals surface area (Å²) in [7, 11) is 1.89. The number of hydrogen-bond donors (Lipinski definition) is 1. The Bertz CT molecular complexity index is 407. The Kier molecular flexibility index (Phi) is 5.99. The largest absolute Gasteiger partial charge is 0.312 e. The first-order valence-electron chi connectivity index (χ1n) is 6.94. The number of thioether (sulfide) groups is 1. The molecule has 1 fully saturated rings. The fourth-order valence-electron chi connectivity index (χ4n) is 2.58. The maximum Gasteiger partial charge on any atom is 0.129 e. The van der Waals surface area contributed by atoms with Crippen LogP contribution >= 0.6 is 23.4 Å². The lowest BCUT2D eigenvalue weighted by molar-refractivity contribution is 0.514. The van der Waals surface area contributed by atoms with Gasteiger partial charge in [-0.15, -0.1) is 0 Å². The molecular weight excluding hydrogens is 281 g/mol.